The third-order valence-electron chi connectivity index (χ3n) is 13.2. The zero-order valence-electron chi connectivity index (χ0n) is 41.7. The van der Waals surface area contributed by atoms with Crippen molar-refractivity contribution < 1.29 is 15.0 Å². The molecule has 61 heavy (non-hydrogen) atoms. The summed E-state index contributed by atoms with van der Waals surface area (Å²) >= 11 is 0. The highest BCUT2D eigenvalue weighted by Gasteiger charge is 2.18. The summed E-state index contributed by atoms with van der Waals surface area (Å²) in [5.74, 6) is -0.0591. The van der Waals surface area contributed by atoms with E-state index in [1.807, 2.05) is 6.08 Å². The standard InChI is InChI=1S/C57H111NO3/c1-3-5-7-9-11-13-15-17-19-20-21-22-23-24-25-26-27-28-29-30-31-32-33-34-35-36-37-38-39-41-43-45-47-49-51-53-57(61)58-55(54-59)56(60)52-50-48-46-44-42-40-18-16-14-12-10-8-6-4-2/h26-27,50,52,55-56,59-60H,3-25,28-49,51,53-54H2,1-2H3,(H,58,61)/b27-26-,52-50+. The van der Waals surface area contributed by atoms with E-state index in [1.165, 1.54) is 270 Å². The molecule has 362 valence electrons. The number of rotatable bonds is 52. The highest BCUT2D eigenvalue weighted by atomic mass is 16.3. The molecule has 4 nitrogen and oxygen atoms in total. The van der Waals surface area contributed by atoms with E-state index in [0.29, 0.717) is 6.42 Å². The van der Waals surface area contributed by atoms with Gasteiger partial charge in [0, 0.05) is 6.42 Å². The number of hydrogen-bond acceptors (Lipinski definition) is 3. The Labute approximate surface area is 383 Å². The van der Waals surface area contributed by atoms with Gasteiger partial charge in [0.2, 0.25) is 5.91 Å². The third kappa shape index (κ3) is 49.7. The Morgan fingerprint density at radius 2 is 0.623 bits per heavy atom. The Morgan fingerprint density at radius 3 is 0.902 bits per heavy atom. The van der Waals surface area contributed by atoms with E-state index in [1.54, 1.807) is 6.08 Å². The van der Waals surface area contributed by atoms with Crippen LogP contribution in [0.1, 0.15) is 316 Å². The monoisotopic (exact) mass is 858 g/mol. The van der Waals surface area contributed by atoms with Crippen molar-refractivity contribution in [2.24, 2.45) is 0 Å². The molecule has 0 aliphatic carbocycles. The number of unbranched alkanes of at least 4 members (excludes halogenated alkanes) is 43. The Balaban J connectivity index is 3.40. The van der Waals surface area contributed by atoms with Crippen LogP contribution in [0.15, 0.2) is 24.3 Å². The van der Waals surface area contributed by atoms with E-state index < -0.39 is 12.1 Å². The van der Waals surface area contributed by atoms with E-state index in [4.69, 9.17) is 0 Å². The summed E-state index contributed by atoms with van der Waals surface area (Å²) in [4.78, 5) is 12.4. The van der Waals surface area contributed by atoms with Gasteiger partial charge in [-0.05, 0) is 44.9 Å². The average molecular weight is 859 g/mol. The number of hydrogen-bond donors (Lipinski definition) is 3. The molecule has 2 unspecified atom stereocenters. The number of carbonyl (C=O) groups is 1. The van der Waals surface area contributed by atoms with Crippen molar-refractivity contribution in [1.29, 1.82) is 0 Å². The van der Waals surface area contributed by atoms with Crippen molar-refractivity contribution >= 4 is 5.91 Å². The van der Waals surface area contributed by atoms with Crippen LogP contribution >= 0.6 is 0 Å². The molecule has 0 aromatic rings. The fraction of sp³-hybridized carbons (Fsp3) is 0.912. The predicted octanol–water partition coefficient (Wildman–Crippen LogP) is 18.3. The first-order valence-electron chi connectivity index (χ1n) is 28.1. The number of carbonyl (C=O) groups excluding carboxylic acids is 1. The van der Waals surface area contributed by atoms with Gasteiger partial charge in [-0.25, -0.2) is 0 Å². The van der Waals surface area contributed by atoms with Gasteiger partial charge in [-0.3, -0.25) is 4.79 Å². The molecule has 0 rings (SSSR count). The minimum Gasteiger partial charge on any atom is -0.394 e. The summed E-state index contributed by atoms with van der Waals surface area (Å²) in [6, 6.07) is -0.619. The predicted molar refractivity (Wildman–Crippen MR) is 272 cm³/mol. The van der Waals surface area contributed by atoms with Crippen LogP contribution in [0.4, 0.5) is 0 Å². The molecule has 4 heteroatoms. The minimum absolute atomic E-state index is 0.0591. The summed E-state index contributed by atoms with van der Waals surface area (Å²) in [7, 11) is 0. The Kier molecular flexibility index (Phi) is 52.2. The quantitative estimate of drug-likeness (QED) is 0.0422. The van der Waals surface area contributed by atoms with Crippen LogP contribution in [-0.2, 0) is 4.79 Å². The molecule has 0 saturated carbocycles. The van der Waals surface area contributed by atoms with Crippen LogP contribution in [0.5, 0.6) is 0 Å². The molecule has 0 aliphatic heterocycles. The number of nitrogens with one attached hydrogen (secondary N) is 1. The van der Waals surface area contributed by atoms with E-state index in [0.717, 1.165) is 25.7 Å². The molecular weight excluding hydrogens is 747 g/mol. The first-order valence-corrected chi connectivity index (χ1v) is 28.1. The van der Waals surface area contributed by atoms with Gasteiger partial charge in [-0.2, -0.15) is 0 Å². The molecule has 1 amide bonds. The number of allylic oxidation sites excluding steroid dienone is 3. The summed E-state index contributed by atoms with van der Waals surface area (Å²) in [5.41, 5.74) is 0. The van der Waals surface area contributed by atoms with E-state index >= 15 is 0 Å². The highest BCUT2D eigenvalue weighted by Crippen LogP contribution is 2.17. The fourth-order valence-electron chi connectivity index (χ4n) is 8.88. The van der Waals surface area contributed by atoms with Gasteiger partial charge >= 0.3 is 0 Å². The van der Waals surface area contributed by atoms with Crippen molar-refractivity contribution in [1.82, 2.24) is 5.32 Å². The van der Waals surface area contributed by atoms with Gasteiger partial charge in [0.05, 0.1) is 18.8 Å². The van der Waals surface area contributed by atoms with Gasteiger partial charge in [0.25, 0.3) is 0 Å². The van der Waals surface area contributed by atoms with Crippen LogP contribution in [-0.4, -0.2) is 34.9 Å². The molecule has 2 atom stereocenters. The molecule has 0 aliphatic rings. The van der Waals surface area contributed by atoms with Crippen LogP contribution in [0.2, 0.25) is 0 Å². The molecule has 0 saturated heterocycles. The SMILES string of the molecule is CCCCCCCCCCCCCC/C=C/C(O)C(CO)NC(=O)CCCCCCCCCCCCCCCCCCC/C=C\CCCCCCCCCCCCCCCC. The molecule has 0 aromatic carbocycles. The molecule has 0 radical (unpaired) electrons. The lowest BCUT2D eigenvalue weighted by atomic mass is 10.0. The van der Waals surface area contributed by atoms with Crippen molar-refractivity contribution in [2.45, 2.75) is 328 Å². The van der Waals surface area contributed by atoms with Crippen LogP contribution in [0, 0.1) is 0 Å². The molecular formula is C57H111NO3. The third-order valence-corrected chi connectivity index (χ3v) is 13.2. The summed E-state index contributed by atoms with van der Waals surface area (Å²) < 4.78 is 0. The molecule has 3 N–H and O–H groups in total. The molecule has 0 spiro atoms. The van der Waals surface area contributed by atoms with Gasteiger partial charge < -0.3 is 15.5 Å². The van der Waals surface area contributed by atoms with E-state index in [2.05, 4.69) is 31.3 Å². The smallest absolute Gasteiger partial charge is 0.220 e. The van der Waals surface area contributed by atoms with Gasteiger partial charge in [0.1, 0.15) is 0 Å². The summed E-state index contributed by atoms with van der Waals surface area (Å²) in [6.45, 7) is 4.33. The Hall–Kier alpha value is -1.13. The number of amides is 1. The summed E-state index contributed by atoms with van der Waals surface area (Å²) in [5, 5.41) is 23.1. The zero-order chi connectivity index (χ0) is 44.2. The second kappa shape index (κ2) is 53.2. The highest BCUT2D eigenvalue weighted by molar-refractivity contribution is 5.76. The van der Waals surface area contributed by atoms with Crippen molar-refractivity contribution in [3.63, 3.8) is 0 Å². The molecule has 0 heterocycles. The zero-order valence-corrected chi connectivity index (χ0v) is 41.7. The lowest BCUT2D eigenvalue weighted by Crippen LogP contribution is -2.45. The summed E-state index contributed by atoms with van der Waals surface area (Å²) in [6.07, 6.45) is 70.7. The average Bonchev–Trinajstić information content (AvgIpc) is 3.26. The second-order valence-corrected chi connectivity index (χ2v) is 19.4. The fourth-order valence-corrected chi connectivity index (χ4v) is 8.88. The van der Waals surface area contributed by atoms with Crippen molar-refractivity contribution in [2.75, 3.05) is 6.61 Å². The van der Waals surface area contributed by atoms with Gasteiger partial charge in [0.15, 0.2) is 0 Å². The van der Waals surface area contributed by atoms with Crippen LogP contribution < -0.4 is 5.32 Å². The maximum absolute atomic E-state index is 12.4. The molecule has 0 fully saturated rings. The number of aliphatic hydroxyl groups excluding tert-OH is 2. The minimum atomic E-state index is -0.836. The van der Waals surface area contributed by atoms with Crippen LogP contribution in [0.3, 0.4) is 0 Å². The maximum atomic E-state index is 12.4. The largest absolute Gasteiger partial charge is 0.394 e. The molecule has 0 bridgehead atoms. The van der Waals surface area contributed by atoms with E-state index in [9.17, 15) is 15.0 Å². The maximum Gasteiger partial charge on any atom is 0.220 e. The lowest BCUT2D eigenvalue weighted by molar-refractivity contribution is -0.123. The first kappa shape index (κ1) is 59.9. The Bertz CT molecular complexity index is 886. The number of aliphatic hydroxyl groups is 2. The van der Waals surface area contributed by atoms with Gasteiger partial charge in [-0.15, -0.1) is 0 Å². The Morgan fingerprint density at radius 1 is 0.377 bits per heavy atom. The van der Waals surface area contributed by atoms with Crippen molar-refractivity contribution in [3.8, 4) is 0 Å². The molecule has 0 aromatic heterocycles. The van der Waals surface area contributed by atoms with Gasteiger partial charge in [-0.1, -0.05) is 289 Å². The van der Waals surface area contributed by atoms with Crippen LogP contribution in [0.25, 0.3) is 0 Å². The first-order chi connectivity index (χ1) is 30.2. The lowest BCUT2D eigenvalue weighted by Gasteiger charge is -2.20. The second-order valence-electron chi connectivity index (χ2n) is 19.4. The van der Waals surface area contributed by atoms with E-state index in [-0.39, 0.29) is 12.5 Å². The normalized spacial score (nSPS) is 12.9. The topological polar surface area (TPSA) is 69.6 Å². The van der Waals surface area contributed by atoms with Crippen molar-refractivity contribution in [3.05, 3.63) is 24.3 Å².